The molecule has 0 aliphatic rings. The Morgan fingerprint density at radius 2 is 1.00 bits per heavy atom. The summed E-state index contributed by atoms with van der Waals surface area (Å²) in [5.74, 6) is 0. The van der Waals surface area contributed by atoms with Gasteiger partial charge in [-0.05, 0) is 29.1 Å². The zero-order valence-electron chi connectivity index (χ0n) is 11.5. The van der Waals surface area contributed by atoms with Crippen LogP contribution in [0.1, 0.15) is 54.4 Å². The molecule has 0 heteroatoms. The largest absolute Gasteiger partial charge is 0.103 e. The van der Waals surface area contributed by atoms with Crippen molar-refractivity contribution in [3.05, 3.63) is 25.3 Å². The standard InChI is InChI=1S/C15H28/c1-9-11-15(12-10-2,13(3,4)5)14(6,7)8/h9-10H,1-2,11-12H2,3-8H3. The second-order valence-electron chi connectivity index (χ2n) is 6.57. The van der Waals surface area contributed by atoms with Crippen molar-refractivity contribution in [3.8, 4) is 0 Å². The number of allylic oxidation sites excluding steroid dienone is 2. The highest BCUT2D eigenvalue weighted by atomic mass is 14.5. The summed E-state index contributed by atoms with van der Waals surface area (Å²) in [6.07, 6.45) is 6.21. The van der Waals surface area contributed by atoms with E-state index in [2.05, 4.69) is 66.9 Å². The third-order valence-corrected chi connectivity index (χ3v) is 3.86. The monoisotopic (exact) mass is 208 g/mol. The van der Waals surface area contributed by atoms with Crippen LogP contribution in [0.2, 0.25) is 0 Å². The molecule has 15 heavy (non-hydrogen) atoms. The van der Waals surface area contributed by atoms with Gasteiger partial charge in [0.15, 0.2) is 0 Å². The quantitative estimate of drug-likeness (QED) is 0.556. The molecule has 0 aliphatic heterocycles. The lowest BCUT2D eigenvalue weighted by atomic mass is 9.51. The van der Waals surface area contributed by atoms with Crippen molar-refractivity contribution in [3.63, 3.8) is 0 Å². The minimum absolute atomic E-state index is 0.240. The van der Waals surface area contributed by atoms with E-state index in [9.17, 15) is 0 Å². The fourth-order valence-corrected chi connectivity index (χ4v) is 2.93. The van der Waals surface area contributed by atoms with E-state index in [1.54, 1.807) is 0 Å². The molecule has 0 aliphatic carbocycles. The van der Waals surface area contributed by atoms with Gasteiger partial charge in [0, 0.05) is 0 Å². The molecule has 0 amide bonds. The summed E-state index contributed by atoms with van der Waals surface area (Å²) in [5, 5.41) is 0. The third kappa shape index (κ3) is 2.74. The predicted octanol–water partition coefficient (Wildman–Crippen LogP) is 5.22. The van der Waals surface area contributed by atoms with Crippen molar-refractivity contribution < 1.29 is 0 Å². The average molecular weight is 208 g/mol. The van der Waals surface area contributed by atoms with Crippen LogP contribution in [0.4, 0.5) is 0 Å². The second kappa shape index (κ2) is 4.55. The summed E-state index contributed by atoms with van der Waals surface area (Å²) in [4.78, 5) is 0. The van der Waals surface area contributed by atoms with Crippen LogP contribution in [0.3, 0.4) is 0 Å². The van der Waals surface area contributed by atoms with Gasteiger partial charge in [-0.15, -0.1) is 13.2 Å². The van der Waals surface area contributed by atoms with Crippen LogP contribution in [0, 0.1) is 16.2 Å². The molecule has 0 nitrogen and oxygen atoms in total. The third-order valence-electron chi connectivity index (χ3n) is 3.86. The second-order valence-corrected chi connectivity index (χ2v) is 6.57. The topological polar surface area (TPSA) is 0 Å². The van der Waals surface area contributed by atoms with Crippen molar-refractivity contribution in [2.24, 2.45) is 16.2 Å². The maximum Gasteiger partial charge on any atom is -0.0132 e. The van der Waals surface area contributed by atoms with E-state index < -0.39 is 0 Å². The van der Waals surface area contributed by atoms with E-state index in [0.717, 1.165) is 12.8 Å². The zero-order valence-corrected chi connectivity index (χ0v) is 11.5. The molecule has 0 radical (unpaired) electrons. The Morgan fingerprint density at radius 3 is 1.13 bits per heavy atom. The Hall–Kier alpha value is -0.520. The molecule has 0 aromatic carbocycles. The summed E-state index contributed by atoms with van der Waals surface area (Å²) in [6, 6.07) is 0. The summed E-state index contributed by atoms with van der Waals surface area (Å²) < 4.78 is 0. The molecule has 0 rings (SSSR count). The number of hydrogen-bond acceptors (Lipinski definition) is 0. The van der Waals surface area contributed by atoms with E-state index in [1.165, 1.54) is 0 Å². The molecule has 0 saturated carbocycles. The summed E-state index contributed by atoms with van der Waals surface area (Å²) in [7, 11) is 0. The molecular formula is C15H28. The lowest BCUT2D eigenvalue weighted by Gasteiger charge is -2.53. The van der Waals surface area contributed by atoms with E-state index in [-0.39, 0.29) is 16.2 Å². The SMILES string of the molecule is C=CCC(CC=C)(C(C)(C)C)C(C)(C)C. The Morgan fingerprint density at radius 1 is 0.733 bits per heavy atom. The van der Waals surface area contributed by atoms with Crippen LogP contribution < -0.4 is 0 Å². The molecular weight excluding hydrogens is 180 g/mol. The first kappa shape index (κ1) is 14.5. The first-order valence-electron chi connectivity index (χ1n) is 5.84. The molecule has 0 fully saturated rings. The van der Waals surface area contributed by atoms with Crippen LogP contribution >= 0.6 is 0 Å². The van der Waals surface area contributed by atoms with Gasteiger partial charge in [-0.2, -0.15) is 0 Å². The van der Waals surface area contributed by atoms with Gasteiger partial charge in [-0.25, -0.2) is 0 Å². The highest BCUT2D eigenvalue weighted by Crippen LogP contribution is 2.56. The molecule has 0 unspecified atom stereocenters. The predicted molar refractivity (Wildman–Crippen MR) is 71.0 cm³/mol. The highest BCUT2D eigenvalue weighted by Gasteiger charge is 2.48. The Labute approximate surface area is 96.5 Å². The van der Waals surface area contributed by atoms with E-state index in [1.807, 2.05) is 0 Å². The molecule has 0 atom stereocenters. The summed E-state index contributed by atoms with van der Waals surface area (Å²) >= 11 is 0. The molecule has 0 aromatic heterocycles. The zero-order chi connectivity index (χ0) is 12.3. The van der Waals surface area contributed by atoms with Crippen molar-refractivity contribution in [1.82, 2.24) is 0 Å². The minimum atomic E-state index is 0.240. The lowest BCUT2D eigenvalue weighted by Crippen LogP contribution is -2.45. The van der Waals surface area contributed by atoms with Gasteiger partial charge in [0.1, 0.15) is 0 Å². The number of rotatable bonds is 4. The van der Waals surface area contributed by atoms with Crippen LogP contribution in [0.15, 0.2) is 25.3 Å². The molecule has 0 aromatic rings. The van der Waals surface area contributed by atoms with Gasteiger partial charge in [0.05, 0.1) is 0 Å². The van der Waals surface area contributed by atoms with Gasteiger partial charge in [-0.3, -0.25) is 0 Å². The smallest absolute Gasteiger partial charge is 0.0132 e. The van der Waals surface area contributed by atoms with Crippen LogP contribution in [0.25, 0.3) is 0 Å². The van der Waals surface area contributed by atoms with E-state index >= 15 is 0 Å². The Bertz CT molecular complexity index is 193. The van der Waals surface area contributed by atoms with Gasteiger partial charge in [-0.1, -0.05) is 53.7 Å². The van der Waals surface area contributed by atoms with Gasteiger partial charge in [0.2, 0.25) is 0 Å². The van der Waals surface area contributed by atoms with Gasteiger partial charge < -0.3 is 0 Å². The van der Waals surface area contributed by atoms with Crippen molar-refractivity contribution in [2.45, 2.75) is 54.4 Å². The Balaban J connectivity index is 5.46. The summed E-state index contributed by atoms with van der Waals surface area (Å²) in [6.45, 7) is 21.8. The fourth-order valence-electron chi connectivity index (χ4n) is 2.93. The Kier molecular flexibility index (Phi) is 4.39. The molecule has 0 spiro atoms. The minimum Gasteiger partial charge on any atom is -0.103 e. The molecule has 0 heterocycles. The van der Waals surface area contributed by atoms with Crippen LogP contribution in [-0.2, 0) is 0 Å². The maximum absolute atomic E-state index is 3.92. The normalized spacial score (nSPS) is 13.7. The van der Waals surface area contributed by atoms with Crippen molar-refractivity contribution in [1.29, 1.82) is 0 Å². The first-order valence-corrected chi connectivity index (χ1v) is 5.84. The van der Waals surface area contributed by atoms with Crippen molar-refractivity contribution >= 4 is 0 Å². The van der Waals surface area contributed by atoms with Crippen LogP contribution in [0.5, 0.6) is 0 Å². The van der Waals surface area contributed by atoms with E-state index in [0.29, 0.717) is 0 Å². The molecule has 88 valence electrons. The van der Waals surface area contributed by atoms with Crippen LogP contribution in [-0.4, -0.2) is 0 Å². The van der Waals surface area contributed by atoms with Crippen molar-refractivity contribution in [2.75, 3.05) is 0 Å². The van der Waals surface area contributed by atoms with E-state index in [4.69, 9.17) is 0 Å². The number of hydrogen-bond donors (Lipinski definition) is 0. The maximum atomic E-state index is 3.92. The average Bonchev–Trinajstić information content (AvgIpc) is 1.99. The lowest BCUT2D eigenvalue weighted by molar-refractivity contribution is -0.0267. The molecule has 0 saturated heterocycles. The molecule has 0 N–H and O–H groups in total. The summed E-state index contributed by atoms with van der Waals surface area (Å²) in [5.41, 5.74) is 0.755. The fraction of sp³-hybridized carbons (Fsp3) is 0.733. The van der Waals surface area contributed by atoms with Gasteiger partial charge in [0.25, 0.3) is 0 Å². The highest BCUT2D eigenvalue weighted by molar-refractivity contribution is 5.04. The van der Waals surface area contributed by atoms with Gasteiger partial charge >= 0.3 is 0 Å². The molecule has 0 bridgehead atoms. The first-order chi connectivity index (χ1) is 6.62.